The average molecular weight is 614 g/mol. The SMILES string of the molecule is CCCN1C(=O)C2CC=C3C(CC4(Cl)C(=O)N(CBr)C(=O)C4(Cl)C3c3ccc(OCCO)cc3)C2C1=O. The van der Waals surface area contributed by atoms with E-state index in [0.29, 0.717) is 30.7 Å². The number of aliphatic hydroxyl groups is 1. The molecule has 2 aliphatic heterocycles. The van der Waals surface area contributed by atoms with E-state index >= 15 is 0 Å². The predicted molar refractivity (Wildman–Crippen MR) is 139 cm³/mol. The molecule has 2 saturated heterocycles. The molecule has 0 aromatic heterocycles. The Hall–Kier alpha value is -1.94. The number of imide groups is 2. The minimum Gasteiger partial charge on any atom is -0.491 e. The number of carbonyl (C=O) groups is 4. The molecular formula is C26H27BrCl2N2O6. The summed E-state index contributed by atoms with van der Waals surface area (Å²) >= 11 is 17.6. The summed E-state index contributed by atoms with van der Waals surface area (Å²) in [5.74, 6) is -3.65. The number of aliphatic hydroxyl groups excluding tert-OH is 1. The topological polar surface area (TPSA) is 104 Å². The van der Waals surface area contributed by atoms with E-state index in [4.69, 9.17) is 33.0 Å². The maximum Gasteiger partial charge on any atom is 0.254 e. The first kappa shape index (κ1) is 26.7. The van der Waals surface area contributed by atoms with Gasteiger partial charge in [0.15, 0.2) is 9.75 Å². The number of ether oxygens (including phenoxy) is 1. The lowest BCUT2D eigenvalue weighted by molar-refractivity contribution is -0.141. The molecule has 4 amide bonds. The van der Waals surface area contributed by atoms with Crippen LogP contribution in [0.2, 0.25) is 0 Å². The number of nitrogens with zero attached hydrogens (tertiary/aromatic N) is 2. The zero-order chi connectivity index (χ0) is 26.7. The number of fused-ring (bicyclic) bond motifs is 4. The van der Waals surface area contributed by atoms with Gasteiger partial charge < -0.3 is 9.84 Å². The Morgan fingerprint density at radius 3 is 2.38 bits per heavy atom. The van der Waals surface area contributed by atoms with Gasteiger partial charge in [-0.1, -0.05) is 46.6 Å². The van der Waals surface area contributed by atoms with Crippen LogP contribution in [0.25, 0.3) is 0 Å². The fraction of sp³-hybridized carbons (Fsp3) is 0.538. The number of rotatable bonds is 7. The van der Waals surface area contributed by atoms with Crippen LogP contribution in [0.5, 0.6) is 5.75 Å². The van der Waals surface area contributed by atoms with Crippen LogP contribution < -0.4 is 4.74 Å². The van der Waals surface area contributed by atoms with Crippen molar-refractivity contribution < 1.29 is 29.0 Å². The summed E-state index contributed by atoms with van der Waals surface area (Å²) in [4.78, 5) is 52.6. The Bertz CT molecular complexity index is 1190. The Kier molecular flexibility index (Phi) is 6.96. The Labute approximate surface area is 233 Å². The molecular weight excluding hydrogens is 587 g/mol. The van der Waals surface area contributed by atoms with E-state index in [-0.39, 0.29) is 36.9 Å². The molecule has 0 radical (unpaired) electrons. The minimum atomic E-state index is -1.82. The van der Waals surface area contributed by atoms with Gasteiger partial charge in [0.2, 0.25) is 11.8 Å². The normalized spacial score (nSPS) is 34.9. The van der Waals surface area contributed by atoms with E-state index in [0.717, 1.165) is 10.5 Å². The highest BCUT2D eigenvalue weighted by atomic mass is 79.9. The fourth-order valence-electron chi connectivity index (χ4n) is 6.56. The zero-order valence-corrected chi connectivity index (χ0v) is 23.3. The molecule has 11 heteroatoms. The third kappa shape index (κ3) is 3.64. The molecule has 6 atom stereocenters. The highest BCUT2D eigenvalue weighted by Gasteiger charge is 2.76. The Morgan fingerprint density at radius 2 is 1.76 bits per heavy atom. The number of alkyl halides is 3. The van der Waals surface area contributed by atoms with Crippen molar-refractivity contribution in [2.45, 2.75) is 41.9 Å². The second-order valence-corrected chi connectivity index (χ2v) is 11.7. The molecule has 4 aliphatic rings. The van der Waals surface area contributed by atoms with E-state index in [9.17, 15) is 19.2 Å². The Balaban J connectivity index is 1.65. The van der Waals surface area contributed by atoms with Crippen molar-refractivity contribution in [1.29, 1.82) is 0 Å². The first-order valence-corrected chi connectivity index (χ1v) is 14.2. The summed E-state index contributed by atoms with van der Waals surface area (Å²) in [6, 6.07) is 6.92. The fourth-order valence-corrected chi connectivity index (χ4v) is 7.98. The van der Waals surface area contributed by atoms with Crippen LogP contribution in [0.15, 0.2) is 35.9 Å². The number of amides is 4. The number of halogens is 3. The summed E-state index contributed by atoms with van der Waals surface area (Å²) in [7, 11) is 0. The van der Waals surface area contributed by atoms with Crippen molar-refractivity contribution >= 4 is 62.8 Å². The van der Waals surface area contributed by atoms with E-state index in [1.807, 2.05) is 13.0 Å². The molecule has 1 aromatic carbocycles. The molecule has 1 N–H and O–H groups in total. The van der Waals surface area contributed by atoms with Crippen LogP contribution in [0.4, 0.5) is 0 Å². The summed E-state index contributed by atoms with van der Waals surface area (Å²) in [6.07, 6.45) is 2.89. The average Bonchev–Trinajstić information content (AvgIpc) is 3.21. The van der Waals surface area contributed by atoms with Gasteiger partial charge in [-0.15, -0.1) is 23.2 Å². The monoisotopic (exact) mass is 612 g/mol. The number of carbonyl (C=O) groups excluding carboxylic acids is 4. The van der Waals surface area contributed by atoms with E-state index in [1.165, 1.54) is 4.90 Å². The summed E-state index contributed by atoms with van der Waals surface area (Å²) in [6.45, 7) is 2.23. The quantitative estimate of drug-likeness (QED) is 0.219. The third-order valence-electron chi connectivity index (χ3n) is 8.13. The lowest BCUT2D eigenvalue weighted by Gasteiger charge is -2.50. The van der Waals surface area contributed by atoms with Gasteiger partial charge in [-0.3, -0.25) is 29.0 Å². The van der Waals surface area contributed by atoms with Gasteiger partial charge in [0, 0.05) is 12.5 Å². The van der Waals surface area contributed by atoms with Crippen LogP contribution in [0.1, 0.15) is 37.7 Å². The van der Waals surface area contributed by atoms with Crippen LogP contribution >= 0.6 is 39.1 Å². The number of allylic oxidation sites excluding steroid dienone is 2. The first-order valence-electron chi connectivity index (χ1n) is 12.3. The second-order valence-electron chi connectivity index (χ2n) is 9.96. The summed E-state index contributed by atoms with van der Waals surface area (Å²) < 4.78 is 5.48. The van der Waals surface area contributed by atoms with Crippen molar-refractivity contribution in [2.75, 3.05) is 25.2 Å². The van der Waals surface area contributed by atoms with Gasteiger partial charge in [-0.2, -0.15) is 0 Å². The molecule has 2 heterocycles. The molecule has 3 fully saturated rings. The minimum absolute atomic E-state index is 0.0215. The van der Waals surface area contributed by atoms with Gasteiger partial charge in [-0.05, 0) is 42.9 Å². The number of likely N-dealkylation sites (tertiary alicyclic amines) is 2. The molecule has 8 nitrogen and oxygen atoms in total. The zero-order valence-electron chi connectivity index (χ0n) is 20.2. The molecule has 2 aliphatic carbocycles. The van der Waals surface area contributed by atoms with Crippen LogP contribution in [-0.4, -0.2) is 73.5 Å². The third-order valence-corrected chi connectivity index (χ3v) is 10.0. The highest BCUT2D eigenvalue weighted by Crippen LogP contribution is 2.65. The van der Waals surface area contributed by atoms with Gasteiger partial charge in [0.25, 0.3) is 11.8 Å². The van der Waals surface area contributed by atoms with Crippen molar-refractivity contribution in [3.8, 4) is 5.75 Å². The Morgan fingerprint density at radius 1 is 1.05 bits per heavy atom. The standard InChI is InChI=1S/C26H27BrCl2N2O6/c1-2-9-30-21(33)17-8-7-16-18(19(17)22(30)34)12-25(28)23(35)31(13-27)24(36)26(25,29)20(16)14-3-5-15(6-4-14)37-11-10-32/h3-7,17-20,32H,2,8-13H2,1H3. The van der Waals surface area contributed by atoms with E-state index in [1.54, 1.807) is 24.3 Å². The van der Waals surface area contributed by atoms with E-state index < -0.39 is 45.2 Å². The lowest BCUT2D eigenvalue weighted by atomic mass is 9.56. The molecule has 5 rings (SSSR count). The molecule has 1 aromatic rings. The summed E-state index contributed by atoms with van der Waals surface area (Å²) in [5, 5.41) is 9.05. The van der Waals surface area contributed by atoms with Crippen molar-refractivity contribution in [3.05, 3.63) is 41.5 Å². The number of hydrogen-bond donors (Lipinski definition) is 1. The molecule has 6 unspecified atom stereocenters. The second kappa shape index (κ2) is 9.67. The largest absolute Gasteiger partial charge is 0.491 e. The maximum atomic E-state index is 13.7. The number of hydrogen-bond acceptors (Lipinski definition) is 6. The van der Waals surface area contributed by atoms with Crippen LogP contribution in [-0.2, 0) is 19.2 Å². The molecule has 0 bridgehead atoms. The molecule has 1 saturated carbocycles. The van der Waals surface area contributed by atoms with E-state index in [2.05, 4.69) is 15.9 Å². The smallest absolute Gasteiger partial charge is 0.254 e. The van der Waals surface area contributed by atoms with Gasteiger partial charge in [-0.25, -0.2) is 0 Å². The number of benzene rings is 1. The van der Waals surface area contributed by atoms with Crippen molar-refractivity contribution in [2.24, 2.45) is 17.8 Å². The van der Waals surface area contributed by atoms with Crippen LogP contribution in [0, 0.1) is 17.8 Å². The van der Waals surface area contributed by atoms with Gasteiger partial charge in [0.1, 0.15) is 12.4 Å². The van der Waals surface area contributed by atoms with Crippen molar-refractivity contribution in [1.82, 2.24) is 9.80 Å². The highest BCUT2D eigenvalue weighted by molar-refractivity contribution is 9.09. The van der Waals surface area contributed by atoms with Gasteiger partial charge >= 0.3 is 0 Å². The molecule has 0 spiro atoms. The summed E-state index contributed by atoms with van der Waals surface area (Å²) in [5.41, 5.74) is 1.34. The van der Waals surface area contributed by atoms with Crippen LogP contribution in [0.3, 0.4) is 0 Å². The predicted octanol–water partition coefficient (Wildman–Crippen LogP) is 3.18. The molecule has 37 heavy (non-hydrogen) atoms. The van der Waals surface area contributed by atoms with Gasteiger partial charge in [0.05, 0.1) is 23.9 Å². The first-order chi connectivity index (χ1) is 17.6. The molecule has 198 valence electrons. The van der Waals surface area contributed by atoms with Crippen molar-refractivity contribution in [3.63, 3.8) is 0 Å². The maximum absolute atomic E-state index is 13.7. The lowest BCUT2D eigenvalue weighted by Crippen LogP contribution is -2.60.